The Morgan fingerprint density at radius 3 is 1.74 bits per heavy atom. The van der Waals surface area contributed by atoms with Crippen LogP contribution >= 0.6 is 0 Å². The maximum atomic E-state index is 14.8. The molecule has 0 bridgehead atoms. The summed E-state index contributed by atoms with van der Waals surface area (Å²) in [5.41, 5.74) is 2.89. The summed E-state index contributed by atoms with van der Waals surface area (Å²) in [6.07, 6.45) is 9.43. The van der Waals surface area contributed by atoms with Crippen molar-refractivity contribution in [2.75, 3.05) is 13.2 Å². The first-order chi connectivity index (χ1) is 16.6. The highest BCUT2D eigenvalue weighted by molar-refractivity contribution is 5.71. The highest BCUT2D eigenvalue weighted by atomic mass is 19.2. The van der Waals surface area contributed by atoms with E-state index in [0.29, 0.717) is 18.8 Å². The van der Waals surface area contributed by atoms with Crippen LogP contribution < -0.4 is 9.47 Å². The van der Waals surface area contributed by atoms with E-state index in [-0.39, 0.29) is 11.3 Å². The van der Waals surface area contributed by atoms with Crippen LogP contribution in [0, 0.1) is 11.6 Å². The van der Waals surface area contributed by atoms with Gasteiger partial charge in [0.15, 0.2) is 11.6 Å². The molecule has 182 valence electrons. The minimum Gasteiger partial charge on any atom is -0.494 e. The van der Waals surface area contributed by atoms with Crippen LogP contribution in [0.5, 0.6) is 11.5 Å². The molecule has 0 amide bonds. The van der Waals surface area contributed by atoms with E-state index in [1.807, 2.05) is 55.5 Å². The molecule has 0 aromatic heterocycles. The smallest absolute Gasteiger partial charge is 0.201 e. The third kappa shape index (κ3) is 7.31. The molecule has 0 heterocycles. The molecule has 2 nitrogen and oxygen atoms in total. The second-order valence-corrected chi connectivity index (χ2v) is 8.60. The van der Waals surface area contributed by atoms with Crippen molar-refractivity contribution in [2.45, 2.75) is 65.2 Å². The average molecular weight is 467 g/mol. The van der Waals surface area contributed by atoms with Crippen LogP contribution in [0.4, 0.5) is 8.78 Å². The summed E-state index contributed by atoms with van der Waals surface area (Å²) >= 11 is 0. The number of rotatable bonds is 14. The fourth-order valence-corrected chi connectivity index (χ4v) is 4.04. The first-order valence-corrected chi connectivity index (χ1v) is 12.6. The Morgan fingerprint density at radius 1 is 0.559 bits per heavy atom. The molecular formula is C30H36F2O2. The molecule has 0 N–H and O–H groups in total. The molecule has 0 saturated heterocycles. The Labute approximate surface area is 202 Å². The van der Waals surface area contributed by atoms with Crippen molar-refractivity contribution in [3.8, 4) is 33.8 Å². The lowest BCUT2D eigenvalue weighted by Gasteiger charge is -2.11. The monoisotopic (exact) mass is 466 g/mol. The van der Waals surface area contributed by atoms with Crippen molar-refractivity contribution in [1.29, 1.82) is 0 Å². The Balaban J connectivity index is 1.55. The van der Waals surface area contributed by atoms with Gasteiger partial charge in [-0.05, 0) is 54.3 Å². The molecule has 0 unspecified atom stereocenters. The Kier molecular flexibility index (Phi) is 10.4. The zero-order chi connectivity index (χ0) is 24.2. The van der Waals surface area contributed by atoms with Gasteiger partial charge in [0.05, 0.1) is 13.2 Å². The zero-order valence-electron chi connectivity index (χ0n) is 20.4. The average Bonchev–Trinajstić information content (AvgIpc) is 2.86. The fraction of sp³-hybridized carbons (Fsp3) is 0.400. The van der Waals surface area contributed by atoms with Gasteiger partial charge in [-0.15, -0.1) is 0 Å². The molecular weight excluding hydrogens is 430 g/mol. The second kappa shape index (κ2) is 13.7. The highest BCUT2D eigenvalue weighted by Gasteiger charge is 2.16. The van der Waals surface area contributed by atoms with E-state index >= 15 is 0 Å². The first kappa shape index (κ1) is 25.7. The Hall–Kier alpha value is -2.88. The quantitative estimate of drug-likeness (QED) is 0.220. The SMILES string of the molecule is CCCCCCCCCCOc1ccc(-c2ccc(-c3ccc(OCC)cc3)cc2)c(F)c1F. The van der Waals surface area contributed by atoms with E-state index in [1.54, 1.807) is 6.07 Å². The number of hydrogen-bond donors (Lipinski definition) is 0. The normalized spacial score (nSPS) is 10.9. The van der Waals surface area contributed by atoms with Crippen LogP contribution in [0.25, 0.3) is 22.3 Å². The van der Waals surface area contributed by atoms with Crippen molar-refractivity contribution < 1.29 is 18.3 Å². The number of hydrogen-bond acceptors (Lipinski definition) is 2. The molecule has 0 fully saturated rings. The molecule has 3 aromatic carbocycles. The molecule has 0 aliphatic rings. The van der Waals surface area contributed by atoms with E-state index < -0.39 is 11.6 Å². The number of halogens is 2. The van der Waals surface area contributed by atoms with Gasteiger partial charge >= 0.3 is 0 Å². The summed E-state index contributed by atoms with van der Waals surface area (Å²) in [6.45, 7) is 5.19. The van der Waals surface area contributed by atoms with Gasteiger partial charge < -0.3 is 9.47 Å². The molecule has 4 heteroatoms. The Bertz CT molecular complexity index is 998. The summed E-state index contributed by atoms with van der Waals surface area (Å²) in [7, 11) is 0. The van der Waals surface area contributed by atoms with E-state index in [2.05, 4.69) is 6.92 Å². The van der Waals surface area contributed by atoms with E-state index in [9.17, 15) is 8.78 Å². The second-order valence-electron chi connectivity index (χ2n) is 8.60. The number of unbranched alkanes of at least 4 members (excludes halogenated alkanes) is 7. The maximum absolute atomic E-state index is 14.8. The van der Waals surface area contributed by atoms with Gasteiger partial charge in [-0.25, -0.2) is 4.39 Å². The lowest BCUT2D eigenvalue weighted by atomic mass is 9.99. The topological polar surface area (TPSA) is 18.5 Å². The molecule has 0 radical (unpaired) electrons. The predicted molar refractivity (Wildman–Crippen MR) is 137 cm³/mol. The van der Waals surface area contributed by atoms with Crippen LogP contribution in [-0.2, 0) is 0 Å². The van der Waals surface area contributed by atoms with Crippen molar-refractivity contribution in [3.05, 3.63) is 72.3 Å². The molecule has 0 aliphatic heterocycles. The minimum absolute atomic E-state index is 0.0183. The lowest BCUT2D eigenvalue weighted by Crippen LogP contribution is -2.01. The molecule has 0 spiro atoms. The fourth-order valence-electron chi connectivity index (χ4n) is 4.04. The largest absolute Gasteiger partial charge is 0.494 e. The van der Waals surface area contributed by atoms with Crippen molar-refractivity contribution in [1.82, 2.24) is 0 Å². The van der Waals surface area contributed by atoms with Gasteiger partial charge in [0.1, 0.15) is 5.75 Å². The van der Waals surface area contributed by atoms with Crippen LogP contribution in [0.1, 0.15) is 65.2 Å². The summed E-state index contributed by atoms with van der Waals surface area (Å²) < 4.78 is 40.4. The zero-order valence-corrected chi connectivity index (χ0v) is 20.4. The summed E-state index contributed by atoms with van der Waals surface area (Å²) in [6, 6.07) is 18.4. The minimum atomic E-state index is -0.923. The van der Waals surface area contributed by atoms with Crippen LogP contribution in [0.2, 0.25) is 0 Å². The van der Waals surface area contributed by atoms with Crippen LogP contribution in [-0.4, -0.2) is 13.2 Å². The summed E-state index contributed by atoms with van der Waals surface area (Å²) in [5, 5.41) is 0. The van der Waals surface area contributed by atoms with Crippen molar-refractivity contribution >= 4 is 0 Å². The van der Waals surface area contributed by atoms with E-state index in [1.165, 1.54) is 38.2 Å². The number of benzene rings is 3. The van der Waals surface area contributed by atoms with Crippen molar-refractivity contribution in [3.63, 3.8) is 0 Å². The van der Waals surface area contributed by atoms with Gasteiger partial charge in [-0.3, -0.25) is 0 Å². The first-order valence-electron chi connectivity index (χ1n) is 12.6. The van der Waals surface area contributed by atoms with Gasteiger partial charge in [-0.1, -0.05) is 88.3 Å². The molecule has 0 atom stereocenters. The standard InChI is InChI=1S/C30H36F2O2/c1-3-5-6-7-8-9-10-11-22-34-28-21-20-27(29(31)30(28)32)25-14-12-23(13-15-25)24-16-18-26(19-17-24)33-4-2/h12-21H,3-11,22H2,1-2H3. The van der Waals surface area contributed by atoms with Crippen molar-refractivity contribution in [2.24, 2.45) is 0 Å². The molecule has 34 heavy (non-hydrogen) atoms. The summed E-state index contributed by atoms with van der Waals surface area (Å²) in [4.78, 5) is 0. The predicted octanol–water partition coefficient (Wildman–Crippen LogP) is 9.22. The third-order valence-electron chi connectivity index (χ3n) is 6.00. The van der Waals surface area contributed by atoms with Crippen LogP contribution in [0.15, 0.2) is 60.7 Å². The number of ether oxygens (including phenoxy) is 2. The summed E-state index contributed by atoms with van der Waals surface area (Å²) in [5.74, 6) is -0.991. The molecule has 0 saturated carbocycles. The van der Waals surface area contributed by atoms with Gasteiger partial charge in [0, 0.05) is 5.56 Å². The molecule has 0 aliphatic carbocycles. The highest BCUT2D eigenvalue weighted by Crippen LogP contribution is 2.32. The van der Waals surface area contributed by atoms with E-state index in [4.69, 9.17) is 9.47 Å². The van der Waals surface area contributed by atoms with E-state index in [0.717, 1.165) is 36.1 Å². The van der Waals surface area contributed by atoms with Crippen LogP contribution in [0.3, 0.4) is 0 Å². The van der Waals surface area contributed by atoms with Gasteiger partial charge in [0.25, 0.3) is 0 Å². The van der Waals surface area contributed by atoms with Gasteiger partial charge in [-0.2, -0.15) is 4.39 Å². The molecule has 3 aromatic rings. The lowest BCUT2D eigenvalue weighted by molar-refractivity contribution is 0.285. The Morgan fingerprint density at radius 2 is 1.12 bits per heavy atom. The van der Waals surface area contributed by atoms with Gasteiger partial charge in [0.2, 0.25) is 5.82 Å². The molecule has 3 rings (SSSR count). The third-order valence-corrected chi connectivity index (χ3v) is 6.00. The maximum Gasteiger partial charge on any atom is 0.201 e.